The molecule has 3 aromatic rings. The van der Waals surface area contributed by atoms with Crippen LogP contribution >= 0.6 is 0 Å². The van der Waals surface area contributed by atoms with Crippen LogP contribution in [0.2, 0.25) is 0 Å². The van der Waals surface area contributed by atoms with Gasteiger partial charge in [-0.2, -0.15) is 0 Å². The van der Waals surface area contributed by atoms with Crippen LogP contribution in [0.25, 0.3) is 0 Å². The molecular weight excluding hydrogens is 409 g/mol. The second-order valence-electron chi connectivity index (χ2n) is 8.20. The molecule has 7 heteroatoms. The topological polar surface area (TPSA) is 87.5 Å². The third kappa shape index (κ3) is 5.68. The predicted octanol–water partition coefficient (Wildman–Crippen LogP) is 2.88. The van der Waals surface area contributed by atoms with Crippen molar-refractivity contribution in [3.05, 3.63) is 89.8 Å². The van der Waals surface area contributed by atoms with Crippen molar-refractivity contribution >= 4 is 0 Å². The summed E-state index contributed by atoms with van der Waals surface area (Å²) >= 11 is 0. The highest BCUT2D eigenvalue weighted by molar-refractivity contribution is 5.21. The highest BCUT2D eigenvalue weighted by Crippen LogP contribution is 2.35. The maximum atomic E-state index is 13.5. The largest absolute Gasteiger partial charge is 0.486 e. The molecule has 4 unspecified atom stereocenters. The van der Waals surface area contributed by atoms with Crippen molar-refractivity contribution in [1.29, 1.82) is 0 Å². The number of benzene rings is 2. The highest BCUT2D eigenvalue weighted by atomic mass is 19.1. The van der Waals surface area contributed by atoms with Gasteiger partial charge in [-0.05, 0) is 54.7 Å². The van der Waals surface area contributed by atoms with E-state index >= 15 is 0 Å². The summed E-state index contributed by atoms with van der Waals surface area (Å²) in [6.45, 7) is 0.651. The van der Waals surface area contributed by atoms with E-state index < -0.39 is 6.10 Å². The van der Waals surface area contributed by atoms with Gasteiger partial charge in [-0.3, -0.25) is 0 Å². The van der Waals surface area contributed by atoms with Crippen LogP contribution in [0.15, 0.2) is 66.9 Å². The molecule has 168 valence electrons. The SMILES string of the molecule is OCC1C(O)CC(NCc2cccc(F)c2)C1Cc1ccnc(COc2ccccc2)n1. The predicted molar refractivity (Wildman–Crippen MR) is 118 cm³/mol. The maximum absolute atomic E-state index is 13.5. The lowest BCUT2D eigenvalue weighted by Gasteiger charge is -2.25. The Hall–Kier alpha value is -2.87. The molecule has 1 aliphatic rings. The molecule has 2 aromatic carbocycles. The Labute approximate surface area is 187 Å². The van der Waals surface area contributed by atoms with Gasteiger partial charge < -0.3 is 20.3 Å². The Morgan fingerprint density at radius 1 is 1.06 bits per heavy atom. The zero-order valence-electron chi connectivity index (χ0n) is 17.8. The second-order valence-corrected chi connectivity index (χ2v) is 8.20. The molecule has 1 fully saturated rings. The quantitative estimate of drug-likeness (QED) is 0.477. The van der Waals surface area contributed by atoms with Gasteiger partial charge in [0.2, 0.25) is 0 Å². The van der Waals surface area contributed by atoms with Crippen molar-refractivity contribution in [3.8, 4) is 5.75 Å². The van der Waals surface area contributed by atoms with Crippen molar-refractivity contribution in [2.75, 3.05) is 6.61 Å². The van der Waals surface area contributed by atoms with Crippen LogP contribution < -0.4 is 10.1 Å². The third-order valence-corrected chi connectivity index (χ3v) is 6.04. The van der Waals surface area contributed by atoms with Crippen LogP contribution in [0.5, 0.6) is 5.75 Å². The lowest BCUT2D eigenvalue weighted by atomic mass is 9.88. The monoisotopic (exact) mass is 437 g/mol. The van der Waals surface area contributed by atoms with Crippen molar-refractivity contribution in [2.45, 2.75) is 38.1 Å². The number of hydrogen-bond acceptors (Lipinski definition) is 6. The molecule has 0 saturated heterocycles. The average Bonchev–Trinajstić information content (AvgIpc) is 3.11. The van der Waals surface area contributed by atoms with Gasteiger partial charge in [0.25, 0.3) is 0 Å². The van der Waals surface area contributed by atoms with E-state index in [0.29, 0.717) is 25.2 Å². The number of halogens is 1. The smallest absolute Gasteiger partial charge is 0.166 e. The first-order valence-electron chi connectivity index (χ1n) is 10.9. The van der Waals surface area contributed by atoms with E-state index in [1.165, 1.54) is 12.1 Å². The number of rotatable bonds is 9. The number of ether oxygens (including phenoxy) is 1. The first-order chi connectivity index (χ1) is 15.6. The maximum Gasteiger partial charge on any atom is 0.166 e. The lowest BCUT2D eigenvalue weighted by Crippen LogP contribution is -2.36. The summed E-state index contributed by atoms with van der Waals surface area (Å²) in [4.78, 5) is 8.93. The normalized spacial score (nSPS) is 22.7. The fraction of sp³-hybridized carbons (Fsp3) is 0.360. The first-order valence-corrected chi connectivity index (χ1v) is 10.9. The molecule has 4 rings (SSSR count). The van der Waals surface area contributed by atoms with E-state index in [1.54, 1.807) is 12.3 Å². The molecule has 4 atom stereocenters. The van der Waals surface area contributed by atoms with E-state index in [0.717, 1.165) is 17.0 Å². The van der Waals surface area contributed by atoms with Gasteiger partial charge in [0.15, 0.2) is 5.82 Å². The molecule has 0 aliphatic heterocycles. The molecule has 0 spiro atoms. The van der Waals surface area contributed by atoms with Crippen LogP contribution in [0, 0.1) is 17.7 Å². The zero-order valence-corrected chi connectivity index (χ0v) is 17.8. The fourth-order valence-corrected chi connectivity index (χ4v) is 4.41. The number of aliphatic hydroxyl groups excluding tert-OH is 2. The van der Waals surface area contributed by atoms with Crippen LogP contribution in [0.1, 0.15) is 23.5 Å². The zero-order chi connectivity index (χ0) is 22.3. The Kier molecular flexibility index (Phi) is 7.42. The van der Waals surface area contributed by atoms with Gasteiger partial charge in [0.1, 0.15) is 18.2 Å². The number of nitrogens with one attached hydrogen (secondary N) is 1. The Balaban J connectivity index is 1.42. The molecule has 1 saturated carbocycles. The lowest BCUT2D eigenvalue weighted by molar-refractivity contribution is 0.0715. The number of aliphatic hydroxyl groups is 2. The van der Waals surface area contributed by atoms with Gasteiger partial charge in [-0.15, -0.1) is 0 Å². The first kappa shape index (κ1) is 22.3. The van der Waals surface area contributed by atoms with Gasteiger partial charge >= 0.3 is 0 Å². The average molecular weight is 438 g/mol. The number of aromatic nitrogens is 2. The summed E-state index contributed by atoms with van der Waals surface area (Å²) in [5, 5.41) is 23.8. The van der Waals surface area contributed by atoms with E-state index in [1.807, 2.05) is 42.5 Å². The molecule has 0 amide bonds. The number of hydrogen-bond donors (Lipinski definition) is 3. The van der Waals surface area contributed by atoms with Crippen molar-refractivity contribution in [1.82, 2.24) is 15.3 Å². The number of nitrogens with zero attached hydrogens (tertiary/aromatic N) is 2. The molecule has 3 N–H and O–H groups in total. The summed E-state index contributed by atoms with van der Waals surface area (Å²) in [6, 6.07) is 17.8. The van der Waals surface area contributed by atoms with Crippen molar-refractivity contribution < 1.29 is 19.3 Å². The van der Waals surface area contributed by atoms with Crippen molar-refractivity contribution in [3.63, 3.8) is 0 Å². The van der Waals surface area contributed by atoms with Crippen LogP contribution in [0.3, 0.4) is 0 Å². The molecule has 1 heterocycles. The fourth-order valence-electron chi connectivity index (χ4n) is 4.41. The molecule has 1 aliphatic carbocycles. The molecule has 1 aromatic heterocycles. The Morgan fingerprint density at radius 2 is 1.91 bits per heavy atom. The van der Waals surface area contributed by atoms with Crippen molar-refractivity contribution in [2.24, 2.45) is 11.8 Å². The molecular formula is C25H28FN3O3. The van der Waals surface area contributed by atoms with Crippen LogP contribution in [-0.2, 0) is 19.6 Å². The van der Waals surface area contributed by atoms with Crippen LogP contribution in [-0.4, -0.2) is 38.9 Å². The van der Waals surface area contributed by atoms with E-state index in [9.17, 15) is 14.6 Å². The second kappa shape index (κ2) is 10.6. The summed E-state index contributed by atoms with van der Waals surface area (Å²) < 4.78 is 19.2. The summed E-state index contributed by atoms with van der Waals surface area (Å²) in [5.41, 5.74) is 1.68. The van der Waals surface area contributed by atoms with Gasteiger partial charge in [0.05, 0.1) is 6.10 Å². The Morgan fingerprint density at radius 3 is 2.69 bits per heavy atom. The Bertz CT molecular complexity index is 1000. The van der Waals surface area contributed by atoms with E-state index in [-0.39, 0.29) is 36.9 Å². The molecule has 6 nitrogen and oxygen atoms in total. The summed E-state index contributed by atoms with van der Waals surface area (Å²) in [7, 11) is 0. The summed E-state index contributed by atoms with van der Waals surface area (Å²) in [6.07, 6.45) is 2.22. The minimum absolute atomic E-state index is 0.0126. The number of para-hydroxylation sites is 1. The van der Waals surface area contributed by atoms with Gasteiger partial charge in [-0.1, -0.05) is 30.3 Å². The highest BCUT2D eigenvalue weighted by Gasteiger charge is 2.42. The van der Waals surface area contributed by atoms with E-state index in [2.05, 4.69) is 15.3 Å². The molecule has 0 radical (unpaired) electrons. The molecule has 0 bridgehead atoms. The minimum Gasteiger partial charge on any atom is -0.486 e. The summed E-state index contributed by atoms with van der Waals surface area (Å²) in [5.74, 6) is 0.796. The van der Waals surface area contributed by atoms with Gasteiger partial charge in [-0.25, -0.2) is 14.4 Å². The van der Waals surface area contributed by atoms with Gasteiger partial charge in [0, 0.05) is 37.0 Å². The minimum atomic E-state index is -0.599. The molecule has 32 heavy (non-hydrogen) atoms. The van der Waals surface area contributed by atoms with E-state index in [4.69, 9.17) is 4.74 Å². The third-order valence-electron chi connectivity index (χ3n) is 6.04. The van der Waals surface area contributed by atoms with Crippen LogP contribution in [0.4, 0.5) is 4.39 Å². The standard InChI is InChI=1S/C25H28FN3O3/c26-18-6-4-5-17(11-18)14-28-23-13-24(31)22(15-30)21(23)12-19-9-10-27-25(29-19)16-32-20-7-2-1-3-8-20/h1-11,21-24,28,30-31H,12-16H2.